The fourth-order valence-electron chi connectivity index (χ4n) is 2.28. The summed E-state index contributed by atoms with van der Waals surface area (Å²) < 4.78 is 1.83. The lowest BCUT2D eigenvalue weighted by molar-refractivity contribution is 0.102. The van der Waals surface area contributed by atoms with E-state index in [1.165, 1.54) is 30.0 Å². The van der Waals surface area contributed by atoms with Gasteiger partial charge in [-0.1, -0.05) is 23.9 Å². The van der Waals surface area contributed by atoms with Crippen molar-refractivity contribution < 1.29 is 15.0 Å². The van der Waals surface area contributed by atoms with Crippen LogP contribution in [0.25, 0.3) is 11.5 Å². The number of hydrogen-bond acceptors (Lipinski definition) is 7. The highest BCUT2D eigenvalue weighted by Crippen LogP contribution is 2.27. The van der Waals surface area contributed by atoms with Crippen LogP contribution in [0.15, 0.2) is 60.4 Å². The van der Waals surface area contributed by atoms with Crippen molar-refractivity contribution >= 4 is 17.5 Å². The third-order valence-electron chi connectivity index (χ3n) is 3.55. The summed E-state index contributed by atoms with van der Waals surface area (Å²) in [5, 5.41) is 27.8. The average Bonchev–Trinajstić information content (AvgIpc) is 3.06. The van der Waals surface area contributed by atoms with Gasteiger partial charge in [-0.05, 0) is 30.3 Å². The zero-order valence-corrected chi connectivity index (χ0v) is 14.6. The number of phenols is 2. The Hall–Kier alpha value is -3.13. The predicted octanol–water partition coefficient (Wildman–Crippen LogP) is 2.91. The third kappa shape index (κ3) is 3.75. The second-order valence-corrected chi connectivity index (χ2v) is 6.28. The van der Waals surface area contributed by atoms with E-state index in [0.29, 0.717) is 28.8 Å². The van der Waals surface area contributed by atoms with Crippen LogP contribution in [-0.2, 0) is 6.54 Å². The van der Waals surface area contributed by atoms with Gasteiger partial charge < -0.3 is 10.2 Å². The van der Waals surface area contributed by atoms with Crippen molar-refractivity contribution in [2.24, 2.45) is 0 Å². The van der Waals surface area contributed by atoms with Gasteiger partial charge in [0.25, 0.3) is 0 Å². The number of rotatable bonds is 7. The van der Waals surface area contributed by atoms with Crippen LogP contribution >= 0.6 is 11.8 Å². The Kier molecular flexibility index (Phi) is 5.33. The number of allylic oxidation sites excluding steroid dienone is 1. The van der Waals surface area contributed by atoms with Gasteiger partial charge in [0.05, 0.1) is 5.75 Å². The van der Waals surface area contributed by atoms with Crippen molar-refractivity contribution in [3.8, 4) is 23.0 Å². The Morgan fingerprint density at radius 2 is 2.04 bits per heavy atom. The standard InChI is InChI=1S/C18H16N4O3S/c1-2-9-22-17(13-5-3-4-8-19-13)20-21-18(22)26-11-16(25)12-6-7-14(23)15(24)10-12/h2-8,10,23-24H,1,9,11H2. The molecule has 0 saturated carbocycles. The molecule has 8 heteroatoms. The van der Waals surface area contributed by atoms with Gasteiger partial charge in [-0.2, -0.15) is 0 Å². The molecule has 3 aromatic rings. The SMILES string of the molecule is C=CCn1c(SCC(=O)c2ccc(O)c(O)c2)nnc1-c1ccccn1. The predicted molar refractivity (Wildman–Crippen MR) is 98.3 cm³/mol. The summed E-state index contributed by atoms with van der Waals surface area (Å²) in [6.07, 6.45) is 3.40. The number of carbonyl (C=O) groups is 1. The smallest absolute Gasteiger partial charge is 0.192 e. The number of pyridine rings is 1. The monoisotopic (exact) mass is 368 g/mol. The van der Waals surface area contributed by atoms with Crippen molar-refractivity contribution in [3.05, 3.63) is 60.8 Å². The quantitative estimate of drug-likeness (QED) is 0.286. The minimum absolute atomic E-state index is 0.113. The third-order valence-corrected chi connectivity index (χ3v) is 4.52. The molecule has 7 nitrogen and oxygen atoms in total. The van der Waals surface area contributed by atoms with Gasteiger partial charge >= 0.3 is 0 Å². The maximum atomic E-state index is 12.3. The van der Waals surface area contributed by atoms with Crippen LogP contribution in [-0.4, -0.2) is 41.5 Å². The zero-order valence-electron chi connectivity index (χ0n) is 13.7. The summed E-state index contributed by atoms with van der Waals surface area (Å²) in [5.41, 5.74) is 0.996. The number of ketones is 1. The molecule has 0 fully saturated rings. The number of hydrogen-bond donors (Lipinski definition) is 2. The summed E-state index contributed by atoms with van der Waals surface area (Å²) in [6, 6.07) is 9.51. The lowest BCUT2D eigenvalue weighted by Crippen LogP contribution is -2.05. The number of phenolic OH excluding ortho intramolecular Hbond substituents is 2. The molecule has 0 bridgehead atoms. The molecule has 26 heavy (non-hydrogen) atoms. The summed E-state index contributed by atoms with van der Waals surface area (Å²) in [6.45, 7) is 4.23. The van der Waals surface area contributed by atoms with Crippen LogP contribution in [0.2, 0.25) is 0 Å². The van der Waals surface area contributed by atoms with Gasteiger partial charge in [0, 0.05) is 18.3 Å². The molecule has 2 heterocycles. The lowest BCUT2D eigenvalue weighted by atomic mass is 10.1. The Morgan fingerprint density at radius 1 is 1.19 bits per heavy atom. The Balaban J connectivity index is 1.79. The van der Waals surface area contributed by atoms with E-state index in [1.807, 2.05) is 22.8 Å². The normalized spacial score (nSPS) is 10.6. The highest BCUT2D eigenvalue weighted by Gasteiger charge is 2.16. The number of nitrogens with zero attached hydrogens (tertiary/aromatic N) is 4. The van der Waals surface area contributed by atoms with E-state index in [-0.39, 0.29) is 23.0 Å². The highest BCUT2D eigenvalue weighted by molar-refractivity contribution is 7.99. The zero-order chi connectivity index (χ0) is 18.5. The highest BCUT2D eigenvalue weighted by atomic mass is 32.2. The fraction of sp³-hybridized carbons (Fsp3) is 0.111. The number of aromatic hydroxyl groups is 2. The molecule has 2 N–H and O–H groups in total. The van der Waals surface area contributed by atoms with Crippen molar-refractivity contribution in [1.82, 2.24) is 19.7 Å². The van der Waals surface area contributed by atoms with Crippen LogP contribution < -0.4 is 0 Å². The van der Waals surface area contributed by atoms with Gasteiger partial charge in [-0.15, -0.1) is 16.8 Å². The second-order valence-electron chi connectivity index (χ2n) is 5.34. The molecule has 2 aromatic heterocycles. The maximum absolute atomic E-state index is 12.3. The number of carbonyl (C=O) groups excluding carboxylic acids is 1. The van der Waals surface area contributed by atoms with Gasteiger partial charge in [0.2, 0.25) is 0 Å². The molecule has 1 aromatic carbocycles. The van der Waals surface area contributed by atoms with E-state index >= 15 is 0 Å². The summed E-state index contributed by atoms with van der Waals surface area (Å²) in [5.74, 6) is -0.0737. The van der Waals surface area contributed by atoms with E-state index < -0.39 is 0 Å². The Labute approximate surface area is 154 Å². The molecular weight excluding hydrogens is 352 g/mol. The molecule has 0 aliphatic carbocycles. The van der Waals surface area contributed by atoms with E-state index in [1.54, 1.807) is 12.3 Å². The van der Waals surface area contributed by atoms with Crippen molar-refractivity contribution in [2.45, 2.75) is 11.7 Å². The minimum Gasteiger partial charge on any atom is -0.504 e. The summed E-state index contributed by atoms with van der Waals surface area (Å²) >= 11 is 1.24. The van der Waals surface area contributed by atoms with E-state index in [0.717, 1.165) is 0 Å². The van der Waals surface area contributed by atoms with Gasteiger partial charge in [-0.3, -0.25) is 14.3 Å². The van der Waals surface area contributed by atoms with Crippen molar-refractivity contribution in [2.75, 3.05) is 5.75 Å². The van der Waals surface area contributed by atoms with Crippen LogP contribution in [0.3, 0.4) is 0 Å². The van der Waals surface area contributed by atoms with Gasteiger partial charge in [0.1, 0.15) is 5.69 Å². The first-order chi connectivity index (χ1) is 12.6. The van der Waals surface area contributed by atoms with Gasteiger partial charge in [-0.25, -0.2) is 0 Å². The van der Waals surface area contributed by atoms with Crippen LogP contribution in [0.4, 0.5) is 0 Å². The number of benzene rings is 1. The van der Waals surface area contributed by atoms with Crippen molar-refractivity contribution in [3.63, 3.8) is 0 Å². The number of thioether (sulfide) groups is 1. The molecule has 0 saturated heterocycles. The minimum atomic E-state index is -0.326. The Morgan fingerprint density at radius 3 is 2.73 bits per heavy atom. The summed E-state index contributed by atoms with van der Waals surface area (Å²) in [7, 11) is 0. The Bertz CT molecular complexity index is 941. The van der Waals surface area contributed by atoms with E-state index in [4.69, 9.17) is 0 Å². The van der Waals surface area contributed by atoms with Crippen molar-refractivity contribution in [1.29, 1.82) is 0 Å². The fourth-order valence-corrected chi connectivity index (χ4v) is 3.13. The molecule has 3 rings (SSSR count). The van der Waals surface area contributed by atoms with E-state index in [9.17, 15) is 15.0 Å². The maximum Gasteiger partial charge on any atom is 0.192 e. The van der Waals surface area contributed by atoms with Crippen LogP contribution in [0, 0.1) is 0 Å². The molecule has 0 aliphatic rings. The molecule has 0 amide bonds. The molecule has 0 spiro atoms. The second kappa shape index (κ2) is 7.83. The largest absolute Gasteiger partial charge is 0.504 e. The molecule has 0 atom stereocenters. The first kappa shape index (κ1) is 17.7. The molecule has 132 valence electrons. The van der Waals surface area contributed by atoms with Crippen LogP contribution in [0.1, 0.15) is 10.4 Å². The average molecular weight is 368 g/mol. The lowest BCUT2D eigenvalue weighted by Gasteiger charge is -2.07. The van der Waals surface area contributed by atoms with E-state index in [2.05, 4.69) is 21.8 Å². The molecule has 0 radical (unpaired) electrons. The number of Topliss-reactive ketones (excluding diaryl/α,β-unsaturated/α-hetero) is 1. The topological polar surface area (TPSA) is 101 Å². The number of aromatic nitrogens is 4. The molecular formula is C18H16N4O3S. The van der Waals surface area contributed by atoms with Crippen LogP contribution in [0.5, 0.6) is 11.5 Å². The summed E-state index contributed by atoms with van der Waals surface area (Å²) in [4.78, 5) is 16.6. The molecule has 0 aliphatic heterocycles. The molecule has 0 unspecified atom stereocenters. The first-order valence-electron chi connectivity index (χ1n) is 7.73. The van der Waals surface area contributed by atoms with Gasteiger partial charge in [0.15, 0.2) is 28.3 Å². The first-order valence-corrected chi connectivity index (χ1v) is 8.72.